The van der Waals surface area contributed by atoms with Crippen molar-refractivity contribution in [1.82, 2.24) is 9.88 Å². The Morgan fingerprint density at radius 2 is 1.57 bits per heavy atom. The molecular weight excluding hydrogens is 390 g/mol. The maximum absolute atomic E-state index is 10.6. The number of thiazole rings is 1. The Balaban J connectivity index is 1.36. The van der Waals surface area contributed by atoms with Crippen LogP contribution >= 0.6 is 11.3 Å². The van der Waals surface area contributed by atoms with Gasteiger partial charge in [-0.3, -0.25) is 5.41 Å². The number of nitrogens with zero attached hydrogens (tertiary/aromatic N) is 2. The van der Waals surface area contributed by atoms with E-state index >= 15 is 0 Å². The monoisotopic (exact) mass is 415 g/mol. The molecule has 4 nitrogen and oxygen atoms in total. The molecule has 152 valence electrons. The standard InChI is InChI=1S/C25H25N3OS/c26-24-23(22(29)15-28(24)20-9-5-2-6-10-20)25-27-21(16-30-25)19-13-11-18(12-14-19)17-7-3-1-4-8-17/h1,3-4,7-8,11-14,16,20,26,29H,2,5-6,9-10,15H2. The molecule has 2 aromatic carbocycles. The van der Waals surface area contributed by atoms with E-state index < -0.39 is 0 Å². The molecule has 1 aliphatic carbocycles. The fourth-order valence-corrected chi connectivity index (χ4v) is 5.41. The van der Waals surface area contributed by atoms with Gasteiger partial charge in [-0.25, -0.2) is 4.98 Å². The van der Waals surface area contributed by atoms with E-state index in [0.29, 0.717) is 24.0 Å². The molecule has 30 heavy (non-hydrogen) atoms. The van der Waals surface area contributed by atoms with E-state index in [1.54, 1.807) is 0 Å². The molecule has 1 aromatic heterocycles. The number of hydrogen-bond donors (Lipinski definition) is 2. The zero-order valence-corrected chi connectivity index (χ0v) is 17.7. The van der Waals surface area contributed by atoms with E-state index in [0.717, 1.165) is 29.1 Å². The Kier molecular flexibility index (Phi) is 5.13. The number of benzene rings is 2. The van der Waals surface area contributed by atoms with Gasteiger partial charge in [0.05, 0.1) is 17.8 Å². The summed E-state index contributed by atoms with van der Waals surface area (Å²) < 4.78 is 0. The molecule has 1 aliphatic heterocycles. The molecule has 0 bridgehead atoms. The number of aliphatic hydroxyl groups is 1. The van der Waals surface area contributed by atoms with Crippen molar-refractivity contribution in [2.24, 2.45) is 0 Å². The van der Waals surface area contributed by atoms with Crippen LogP contribution in [-0.2, 0) is 0 Å². The summed E-state index contributed by atoms with van der Waals surface area (Å²) in [6.07, 6.45) is 5.93. The SMILES string of the molecule is N=C1C(c2nc(-c3ccc(-c4ccccc4)cc3)cs2)=C(O)CN1C1CCCCC1. The zero-order valence-electron chi connectivity index (χ0n) is 16.8. The third-order valence-corrected chi connectivity index (χ3v) is 7.01. The molecule has 0 radical (unpaired) electrons. The van der Waals surface area contributed by atoms with Gasteiger partial charge in [-0.15, -0.1) is 11.3 Å². The molecule has 0 unspecified atom stereocenters. The normalized spacial score (nSPS) is 17.7. The smallest absolute Gasteiger partial charge is 0.135 e. The van der Waals surface area contributed by atoms with Gasteiger partial charge in [0.25, 0.3) is 0 Å². The highest BCUT2D eigenvalue weighted by atomic mass is 32.1. The summed E-state index contributed by atoms with van der Waals surface area (Å²) in [5, 5.41) is 22.1. The maximum Gasteiger partial charge on any atom is 0.135 e. The second-order valence-corrected chi connectivity index (χ2v) is 8.93. The highest BCUT2D eigenvalue weighted by Gasteiger charge is 2.34. The van der Waals surface area contributed by atoms with E-state index in [9.17, 15) is 5.11 Å². The van der Waals surface area contributed by atoms with Gasteiger partial charge in [-0.2, -0.15) is 0 Å². The molecule has 0 spiro atoms. The molecule has 2 N–H and O–H groups in total. The number of amidine groups is 1. The van der Waals surface area contributed by atoms with Crippen LogP contribution in [0.15, 0.2) is 65.7 Å². The molecule has 2 heterocycles. The number of rotatable bonds is 4. The van der Waals surface area contributed by atoms with Crippen molar-refractivity contribution in [1.29, 1.82) is 5.41 Å². The van der Waals surface area contributed by atoms with Gasteiger partial charge < -0.3 is 10.0 Å². The molecule has 5 rings (SSSR count). The van der Waals surface area contributed by atoms with Crippen molar-refractivity contribution in [3.63, 3.8) is 0 Å². The van der Waals surface area contributed by atoms with Gasteiger partial charge in [0.2, 0.25) is 0 Å². The minimum Gasteiger partial charge on any atom is -0.510 e. The van der Waals surface area contributed by atoms with Crippen molar-refractivity contribution in [3.8, 4) is 22.4 Å². The molecule has 0 amide bonds. The van der Waals surface area contributed by atoms with Crippen molar-refractivity contribution < 1.29 is 5.11 Å². The van der Waals surface area contributed by atoms with Crippen LogP contribution < -0.4 is 0 Å². The van der Waals surface area contributed by atoms with Gasteiger partial charge >= 0.3 is 0 Å². The van der Waals surface area contributed by atoms with Gasteiger partial charge in [0.15, 0.2) is 0 Å². The summed E-state index contributed by atoms with van der Waals surface area (Å²) in [7, 11) is 0. The lowest BCUT2D eigenvalue weighted by molar-refractivity contribution is 0.241. The number of hydrogen-bond acceptors (Lipinski definition) is 4. The average molecular weight is 416 g/mol. The topological polar surface area (TPSA) is 60.2 Å². The Bertz CT molecular complexity index is 1080. The fourth-order valence-electron chi connectivity index (χ4n) is 4.51. The van der Waals surface area contributed by atoms with Crippen molar-refractivity contribution in [2.75, 3.05) is 6.54 Å². The second kappa shape index (κ2) is 8.07. The van der Waals surface area contributed by atoms with Crippen LogP contribution in [0.5, 0.6) is 0 Å². The largest absolute Gasteiger partial charge is 0.510 e. The number of aliphatic hydroxyl groups excluding tert-OH is 1. The van der Waals surface area contributed by atoms with Crippen LogP contribution in [0.3, 0.4) is 0 Å². The van der Waals surface area contributed by atoms with Crippen molar-refractivity contribution >= 4 is 22.7 Å². The first-order chi connectivity index (χ1) is 14.7. The van der Waals surface area contributed by atoms with Gasteiger partial charge in [0.1, 0.15) is 16.6 Å². The maximum atomic E-state index is 10.6. The highest BCUT2D eigenvalue weighted by molar-refractivity contribution is 7.11. The molecule has 1 fully saturated rings. The zero-order chi connectivity index (χ0) is 20.5. The lowest BCUT2D eigenvalue weighted by atomic mass is 9.94. The molecule has 3 aromatic rings. The van der Waals surface area contributed by atoms with Gasteiger partial charge in [-0.05, 0) is 24.0 Å². The third kappa shape index (κ3) is 3.54. The van der Waals surface area contributed by atoms with Gasteiger partial charge in [0, 0.05) is 17.0 Å². The molecular formula is C25H25N3OS. The molecule has 0 saturated heterocycles. The van der Waals surface area contributed by atoms with Crippen LogP contribution in [0.4, 0.5) is 0 Å². The molecule has 0 atom stereocenters. The summed E-state index contributed by atoms with van der Waals surface area (Å²) in [5.74, 6) is 0.714. The number of aromatic nitrogens is 1. The van der Waals surface area contributed by atoms with E-state index in [1.165, 1.54) is 41.7 Å². The van der Waals surface area contributed by atoms with Gasteiger partial charge in [-0.1, -0.05) is 73.9 Å². The predicted octanol–water partition coefficient (Wildman–Crippen LogP) is 6.37. The third-order valence-electron chi connectivity index (χ3n) is 6.15. The van der Waals surface area contributed by atoms with E-state index in [2.05, 4.69) is 41.3 Å². The Labute approximate surface area is 181 Å². The van der Waals surface area contributed by atoms with E-state index in [-0.39, 0.29) is 5.76 Å². The van der Waals surface area contributed by atoms with Crippen LogP contribution in [0.1, 0.15) is 37.1 Å². The van der Waals surface area contributed by atoms with Crippen LogP contribution in [0.25, 0.3) is 28.0 Å². The first-order valence-corrected chi connectivity index (χ1v) is 11.5. The van der Waals surface area contributed by atoms with Crippen molar-refractivity contribution in [2.45, 2.75) is 38.1 Å². The highest BCUT2D eigenvalue weighted by Crippen LogP contribution is 2.35. The first kappa shape index (κ1) is 19.1. The first-order valence-electron chi connectivity index (χ1n) is 10.6. The Morgan fingerprint density at radius 1 is 0.900 bits per heavy atom. The Morgan fingerprint density at radius 3 is 2.30 bits per heavy atom. The summed E-state index contributed by atoms with van der Waals surface area (Å²) in [6.45, 7) is 0.444. The van der Waals surface area contributed by atoms with Crippen LogP contribution in [0.2, 0.25) is 0 Å². The van der Waals surface area contributed by atoms with Crippen LogP contribution in [-0.4, -0.2) is 33.4 Å². The summed E-state index contributed by atoms with van der Waals surface area (Å²) in [5.41, 5.74) is 4.92. The summed E-state index contributed by atoms with van der Waals surface area (Å²) in [4.78, 5) is 6.85. The fraction of sp³-hybridized carbons (Fsp3) is 0.280. The average Bonchev–Trinajstić information content (AvgIpc) is 3.39. The van der Waals surface area contributed by atoms with Crippen molar-refractivity contribution in [3.05, 3.63) is 70.7 Å². The minimum absolute atomic E-state index is 0.283. The summed E-state index contributed by atoms with van der Waals surface area (Å²) in [6, 6.07) is 19.1. The van der Waals surface area contributed by atoms with E-state index in [4.69, 9.17) is 10.4 Å². The molecule has 5 heteroatoms. The van der Waals surface area contributed by atoms with Crippen LogP contribution in [0, 0.1) is 5.41 Å². The number of nitrogens with one attached hydrogen (secondary N) is 1. The molecule has 2 aliphatic rings. The minimum atomic E-state index is 0.283. The summed E-state index contributed by atoms with van der Waals surface area (Å²) >= 11 is 1.50. The molecule has 1 saturated carbocycles. The predicted molar refractivity (Wildman–Crippen MR) is 124 cm³/mol. The second-order valence-electron chi connectivity index (χ2n) is 8.07. The van der Waals surface area contributed by atoms with E-state index in [1.807, 2.05) is 23.6 Å². The lowest BCUT2D eigenvalue weighted by Crippen LogP contribution is -2.38. The Hall–Kier alpha value is -2.92. The quantitative estimate of drug-likeness (QED) is 0.520. The lowest BCUT2D eigenvalue weighted by Gasteiger charge is -2.32.